The summed E-state index contributed by atoms with van der Waals surface area (Å²) < 4.78 is 71.4. The van der Waals surface area contributed by atoms with E-state index in [9.17, 15) is 31.9 Å². The Bertz CT molecular complexity index is 1100. The van der Waals surface area contributed by atoms with Crippen molar-refractivity contribution >= 4 is 17.5 Å². The number of nitrogens with one attached hydrogen (secondary N) is 1. The molecule has 1 fully saturated rings. The van der Waals surface area contributed by atoms with Gasteiger partial charge in [-0.15, -0.1) is 0 Å². The van der Waals surface area contributed by atoms with E-state index in [0.29, 0.717) is 18.8 Å². The van der Waals surface area contributed by atoms with E-state index in [0.717, 1.165) is 25.8 Å². The maximum absolute atomic E-state index is 13.2. The first-order valence-corrected chi connectivity index (χ1v) is 12.5. The number of rotatable bonds is 9. The largest absolute Gasteiger partial charge is 0.434 e. The number of halogens is 6. The van der Waals surface area contributed by atoms with E-state index in [4.69, 9.17) is 11.6 Å². The molecule has 0 aliphatic heterocycles. The number of alkyl halides is 5. The fourth-order valence-electron chi connectivity index (χ4n) is 4.43. The summed E-state index contributed by atoms with van der Waals surface area (Å²) in [6.45, 7) is 1.78. The van der Waals surface area contributed by atoms with E-state index in [1.807, 2.05) is 0 Å². The van der Waals surface area contributed by atoms with E-state index >= 15 is 0 Å². The van der Waals surface area contributed by atoms with Gasteiger partial charge in [-0.25, -0.2) is 0 Å². The Balaban J connectivity index is 1.91. The SMILES string of the molecule is CCn1nc(C(=O)NCC2(O)CCC(C)CC2)c(Cl)c1-c1ccc(C[C@H](C)C(F)(F)F)cc1OC(F)F. The maximum Gasteiger partial charge on any atom is 0.391 e. The summed E-state index contributed by atoms with van der Waals surface area (Å²) in [5.74, 6) is -2.21. The third-order valence-corrected chi connectivity index (χ3v) is 7.17. The quantitative estimate of drug-likeness (QED) is 0.362. The molecule has 0 saturated heterocycles. The molecule has 1 aromatic heterocycles. The van der Waals surface area contributed by atoms with Gasteiger partial charge in [0.05, 0.1) is 22.2 Å². The molecule has 1 aromatic carbocycles. The lowest BCUT2D eigenvalue weighted by atomic mass is 9.79. The highest BCUT2D eigenvalue weighted by atomic mass is 35.5. The number of ether oxygens (including phenoxy) is 1. The lowest BCUT2D eigenvalue weighted by Crippen LogP contribution is -2.45. The van der Waals surface area contributed by atoms with Crippen molar-refractivity contribution in [3.05, 3.63) is 34.5 Å². The number of benzene rings is 1. The lowest BCUT2D eigenvalue weighted by molar-refractivity contribution is -0.169. The summed E-state index contributed by atoms with van der Waals surface area (Å²) in [5.41, 5.74) is -0.875. The van der Waals surface area contributed by atoms with Gasteiger partial charge in [0, 0.05) is 18.7 Å². The standard InChI is InChI=1S/C25H31ClF5N3O3/c1-4-34-21(17-6-5-16(11-15(3)25(29,30)31)12-18(17)37-23(27)28)19(26)20(33-34)22(35)32-13-24(36)9-7-14(2)8-10-24/h5-6,12,14-15,23,36H,4,7-11,13H2,1-3H3,(H,32,35)/t14?,15-,24?/m0/s1. The first kappa shape index (κ1) is 29.2. The van der Waals surface area contributed by atoms with E-state index < -0.39 is 36.6 Å². The summed E-state index contributed by atoms with van der Waals surface area (Å²) in [6, 6.07) is 3.82. The molecule has 2 N–H and O–H groups in total. The van der Waals surface area contributed by atoms with Crippen molar-refractivity contribution in [3.63, 3.8) is 0 Å². The van der Waals surface area contributed by atoms with E-state index in [1.165, 1.54) is 16.8 Å². The van der Waals surface area contributed by atoms with Gasteiger partial charge in [0.25, 0.3) is 5.91 Å². The third-order valence-electron chi connectivity index (χ3n) is 6.81. The van der Waals surface area contributed by atoms with Gasteiger partial charge in [0.2, 0.25) is 0 Å². The van der Waals surface area contributed by atoms with Crippen LogP contribution in [0.25, 0.3) is 11.3 Å². The number of hydrogen-bond donors (Lipinski definition) is 2. The minimum absolute atomic E-state index is 0.00896. The molecule has 12 heteroatoms. The van der Waals surface area contributed by atoms with Crippen LogP contribution in [0.2, 0.25) is 5.02 Å². The summed E-state index contributed by atoms with van der Waals surface area (Å²) in [6.07, 6.45) is -2.11. The van der Waals surface area contributed by atoms with Gasteiger partial charge in [-0.05, 0) is 62.6 Å². The molecule has 1 aliphatic carbocycles. The maximum atomic E-state index is 13.2. The van der Waals surface area contributed by atoms with Crippen molar-refractivity contribution < 1.29 is 36.6 Å². The molecule has 1 heterocycles. The Morgan fingerprint density at radius 3 is 2.54 bits per heavy atom. The molecule has 1 aliphatic rings. The molecular formula is C25H31ClF5N3O3. The van der Waals surface area contributed by atoms with Crippen LogP contribution in [0.4, 0.5) is 22.0 Å². The molecule has 37 heavy (non-hydrogen) atoms. The second-order valence-corrected chi connectivity index (χ2v) is 10.2. The Hall–Kier alpha value is -2.40. The van der Waals surface area contributed by atoms with Gasteiger partial charge in [-0.3, -0.25) is 9.48 Å². The van der Waals surface area contributed by atoms with Gasteiger partial charge < -0.3 is 15.2 Å². The molecular weight excluding hydrogens is 521 g/mol. The zero-order valence-electron chi connectivity index (χ0n) is 20.8. The first-order chi connectivity index (χ1) is 17.2. The van der Waals surface area contributed by atoms with Crippen LogP contribution in [0, 0.1) is 11.8 Å². The summed E-state index contributed by atoms with van der Waals surface area (Å²) >= 11 is 6.51. The Morgan fingerprint density at radius 1 is 1.32 bits per heavy atom. The zero-order chi connectivity index (χ0) is 27.5. The fraction of sp³-hybridized carbons (Fsp3) is 0.600. The third kappa shape index (κ3) is 7.13. The topological polar surface area (TPSA) is 76.4 Å². The average molecular weight is 552 g/mol. The summed E-state index contributed by atoms with van der Waals surface area (Å²) in [4.78, 5) is 12.9. The van der Waals surface area contributed by atoms with Crippen LogP contribution in [-0.2, 0) is 13.0 Å². The van der Waals surface area contributed by atoms with Crippen LogP contribution in [-0.4, -0.2) is 45.7 Å². The van der Waals surface area contributed by atoms with Gasteiger partial charge in [-0.2, -0.15) is 27.1 Å². The number of amides is 1. The molecule has 6 nitrogen and oxygen atoms in total. The van der Waals surface area contributed by atoms with Crippen molar-refractivity contribution in [1.29, 1.82) is 0 Å². The molecule has 206 valence electrons. The Labute approximate surface area is 217 Å². The predicted octanol–water partition coefficient (Wildman–Crippen LogP) is 6.24. The molecule has 0 bridgehead atoms. The highest BCUT2D eigenvalue weighted by Gasteiger charge is 2.36. The van der Waals surface area contributed by atoms with Gasteiger partial charge in [-0.1, -0.05) is 31.5 Å². The Morgan fingerprint density at radius 2 is 1.97 bits per heavy atom. The lowest BCUT2D eigenvalue weighted by Gasteiger charge is -2.34. The number of aromatic nitrogens is 2. The van der Waals surface area contributed by atoms with Gasteiger partial charge in [0.15, 0.2) is 5.69 Å². The van der Waals surface area contributed by atoms with Crippen LogP contribution < -0.4 is 10.1 Å². The number of carbonyl (C=O) groups is 1. The van der Waals surface area contributed by atoms with Crippen LogP contribution >= 0.6 is 11.6 Å². The normalized spacial score (nSPS) is 21.2. The summed E-state index contributed by atoms with van der Waals surface area (Å²) in [7, 11) is 0. The molecule has 1 saturated carbocycles. The van der Waals surface area contributed by atoms with Crippen molar-refractivity contribution in [3.8, 4) is 17.0 Å². The first-order valence-electron chi connectivity index (χ1n) is 12.2. The molecule has 1 atom stereocenters. The van der Waals surface area contributed by atoms with Crippen LogP contribution in [0.15, 0.2) is 18.2 Å². The second kappa shape index (κ2) is 11.6. The predicted molar refractivity (Wildman–Crippen MR) is 129 cm³/mol. The van der Waals surface area contributed by atoms with E-state index in [1.54, 1.807) is 6.92 Å². The monoisotopic (exact) mass is 551 g/mol. The number of aryl methyl sites for hydroxylation is 1. The number of aliphatic hydroxyl groups is 1. The fourth-order valence-corrected chi connectivity index (χ4v) is 4.75. The van der Waals surface area contributed by atoms with Crippen molar-refractivity contribution in [2.45, 2.75) is 77.8 Å². The van der Waals surface area contributed by atoms with Crippen molar-refractivity contribution in [1.82, 2.24) is 15.1 Å². The molecule has 1 amide bonds. The highest BCUT2D eigenvalue weighted by molar-refractivity contribution is 6.36. The zero-order valence-corrected chi connectivity index (χ0v) is 21.6. The minimum atomic E-state index is -4.45. The second-order valence-electron chi connectivity index (χ2n) is 9.77. The van der Waals surface area contributed by atoms with Gasteiger partial charge >= 0.3 is 12.8 Å². The van der Waals surface area contributed by atoms with Crippen LogP contribution in [0.3, 0.4) is 0 Å². The smallest absolute Gasteiger partial charge is 0.391 e. The minimum Gasteiger partial charge on any atom is -0.434 e. The molecule has 0 unspecified atom stereocenters. The van der Waals surface area contributed by atoms with Crippen LogP contribution in [0.5, 0.6) is 5.75 Å². The number of hydrogen-bond acceptors (Lipinski definition) is 4. The average Bonchev–Trinajstić information content (AvgIpc) is 3.15. The van der Waals surface area contributed by atoms with E-state index in [2.05, 4.69) is 22.1 Å². The number of nitrogens with zero attached hydrogens (tertiary/aromatic N) is 2. The number of carbonyl (C=O) groups excluding carboxylic acids is 1. The molecule has 0 radical (unpaired) electrons. The van der Waals surface area contributed by atoms with Crippen LogP contribution in [0.1, 0.15) is 62.5 Å². The van der Waals surface area contributed by atoms with Gasteiger partial charge in [0.1, 0.15) is 5.75 Å². The Kier molecular flexibility index (Phi) is 9.10. The van der Waals surface area contributed by atoms with E-state index in [-0.39, 0.29) is 46.4 Å². The molecule has 2 aromatic rings. The highest BCUT2D eigenvalue weighted by Crippen LogP contribution is 2.39. The molecule has 3 rings (SSSR count). The summed E-state index contributed by atoms with van der Waals surface area (Å²) in [5, 5.41) is 17.5. The van der Waals surface area contributed by atoms with Crippen molar-refractivity contribution in [2.24, 2.45) is 11.8 Å². The molecule has 0 spiro atoms. The van der Waals surface area contributed by atoms with Crippen molar-refractivity contribution in [2.75, 3.05) is 6.54 Å².